The molecule has 0 spiro atoms. The number of methoxy groups -OCH3 is 1. The Hall–Kier alpha value is -0.690. The predicted octanol–water partition coefficient (Wildman–Crippen LogP) is -0.992. The zero-order valence-corrected chi connectivity index (χ0v) is 10.3. The molecule has 100 valence electrons. The van der Waals surface area contributed by atoms with Crippen LogP contribution >= 0.6 is 0 Å². The Bertz CT molecular complexity index is 242. The number of hydrogen-bond acceptors (Lipinski definition) is 5. The SMILES string of the molecule is COCCCC(N)C(=O)NCC1(O)CCOC1. The van der Waals surface area contributed by atoms with E-state index in [2.05, 4.69) is 5.32 Å². The minimum atomic E-state index is -0.929. The van der Waals surface area contributed by atoms with Gasteiger partial charge in [-0.05, 0) is 12.8 Å². The van der Waals surface area contributed by atoms with E-state index >= 15 is 0 Å². The second kappa shape index (κ2) is 6.90. The third-order valence-corrected chi connectivity index (χ3v) is 2.87. The summed E-state index contributed by atoms with van der Waals surface area (Å²) < 4.78 is 9.97. The van der Waals surface area contributed by atoms with Gasteiger partial charge in [-0.2, -0.15) is 0 Å². The Morgan fingerprint density at radius 1 is 1.71 bits per heavy atom. The lowest BCUT2D eigenvalue weighted by atomic mass is 10.0. The summed E-state index contributed by atoms with van der Waals surface area (Å²) in [7, 11) is 1.61. The first kappa shape index (κ1) is 14.4. The lowest BCUT2D eigenvalue weighted by molar-refractivity contribution is -0.123. The fourth-order valence-corrected chi connectivity index (χ4v) is 1.70. The molecule has 0 aromatic heterocycles. The van der Waals surface area contributed by atoms with Crippen molar-refractivity contribution in [3.05, 3.63) is 0 Å². The van der Waals surface area contributed by atoms with E-state index in [1.54, 1.807) is 7.11 Å². The zero-order chi connectivity index (χ0) is 12.7. The van der Waals surface area contributed by atoms with Gasteiger partial charge in [-0.25, -0.2) is 0 Å². The number of amides is 1. The molecule has 0 aromatic carbocycles. The number of carbonyl (C=O) groups excluding carboxylic acids is 1. The maximum absolute atomic E-state index is 11.6. The van der Waals surface area contributed by atoms with Gasteiger partial charge >= 0.3 is 0 Å². The van der Waals surface area contributed by atoms with Crippen molar-refractivity contribution in [2.24, 2.45) is 5.73 Å². The minimum absolute atomic E-state index is 0.198. The van der Waals surface area contributed by atoms with Crippen molar-refractivity contribution in [2.75, 3.05) is 33.5 Å². The highest BCUT2D eigenvalue weighted by molar-refractivity contribution is 5.81. The number of ether oxygens (including phenoxy) is 2. The molecule has 1 aliphatic rings. The molecule has 1 heterocycles. The van der Waals surface area contributed by atoms with Crippen LogP contribution in [0.4, 0.5) is 0 Å². The molecular weight excluding hydrogens is 224 g/mol. The van der Waals surface area contributed by atoms with Crippen molar-refractivity contribution in [1.82, 2.24) is 5.32 Å². The molecule has 1 saturated heterocycles. The lowest BCUT2D eigenvalue weighted by Crippen LogP contribution is -2.48. The summed E-state index contributed by atoms with van der Waals surface area (Å²) in [5.41, 5.74) is 4.78. The third kappa shape index (κ3) is 4.99. The highest BCUT2D eigenvalue weighted by Gasteiger charge is 2.32. The van der Waals surface area contributed by atoms with Crippen LogP contribution < -0.4 is 11.1 Å². The van der Waals surface area contributed by atoms with Gasteiger partial charge in [0.1, 0.15) is 5.60 Å². The maximum Gasteiger partial charge on any atom is 0.237 e. The molecule has 1 amide bonds. The van der Waals surface area contributed by atoms with Gasteiger partial charge in [-0.1, -0.05) is 0 Å². The molecule has 4 N–H and O–H groups in total. The minimum Gasteiger partial charge on any atom is -0.386 e. The molecule has 0 radical (unpaired) electrons. The number of rotatable bonds is 7. The van der Waals surface area contributed by atoms with Crippen LogP contribution in [0.15, 0.2) is 0 Å². The van der Waals surface area contributed by atoms with Gasteiger partial charge < -0.3 is 25.6 Å². The highest BCUT2D eigenvalue weighted by Crippen LogP contribution is 2.16. The van der Waals surface area contributed by atoms with Crippen LogP contribution in [0.2, 0.25) is 0 Å². The van der Waals surface area contributed by atoms with E-state index < -0.39 is 11.6 Å². The number of nitrogens with two attached hydrogens (primary N) is 1. The standard InChI is InChI=1S/C11H22N2O4/c1-16-5-2-3-9(12)10(14)13-7-11(15)4-6-17-8-11/h9,15H,2-8,12H2,1H3,(H,13,14). The fourth-order valence-electron chi connectivity index (χ4n) is 1.70. The van der Waals surface area contributed by atoms with Gasteiger partial charge in [-0.15, -0.1) is 0 Å². The quantitative estimate of drug-likeness (QED) is 0.501. The molecule has 0 bridgehead atoms. The Labute approximate surface area is 101 Å². The molecule has 6 nitrogen and oxygen atoms in total. The normalized spacial score (nSPS) is 25.8. The van der Waals surface area contributed by atoms with Gasteiger partial charge in [0.05, 0.1) is 12.6 Å². The van der Waals surface area contributed by atoms with Crippen LogP contribution in [0.25, 0.3) is 0 Å². The van der Waals surface area contributed by atoms with Crippen LogP contribution in [0.3, 0.4) is 0 Å². The summed E-state index contributed by atoms with van der Waals surface area (Å²) in [6.45, 7) is 1.60. The highest BCUT2D eigenvalue weighted by atomic mass is 16.5. The monoisotopic (exact) mass is 246 g/mol. The zero-order valence-electron chi connectivity index (χ0n) is 10.3. The van der Waals surface area contributed by atoms with E-state index in [-0.39, 0.29) is 19.1 Å². The predicted molar refractivity (Wildman–Crippen MR) is 62.5 cm³/mol. The summed E-state index contributed by atoms with van der Waals surface area (Å²) in [6, 6.07) is -0.545. The molecule has 17 heavy (non-hydrogen) atoms. The molecule has 1 aliphatic heterocycles. The van der Waals surface area contributed by atoms with Crippen molar-refractivity contribution < 1.29 is 19.4 Å². The van der Waals surface area contributed by atoms with Crippen LogP contribution in [0.5, 0.6) is 0 Å². The molecule has 6 heteroatoms. The maximum atomic E-state index is 11.6. The van der Waals surface area contributed by atoms with E-state index in [1.807, 2.05) is 0 Å². The fraction of sp³-hybridized carbons (Fsp3) is 0.909. The first-order chi connectivity index (χ1) is 8.07. The first-order valence-electron chi connectivity index (χ1n) is 5.90. The summed E-state index contributed by atoms with van der Waals surface area (Å²) in [6.07, 6.45) is 1.87. The second-order valence-corrected chi connectivity index (χ2v) is 4.49. The number of hydrogen-bond donors (Lipinski definition) is 3. The van der Waals surface area contributed by atoms with E-state index in [0.717, 1.165) is 6.42 Å². The van der Waals surface area contributed by atoms with E-state index in [4.69, 9.17) is 15.2 Å². The summed E-state index contributed by atoms with van der Waals surface area (Å²) in [4.78, 5) is 11.6. The van der Waals surface area contributed by atoms with Crippen molar-refractivity contribution in [3.63, 3.8) is 0 Å². The number of nitrogens with one attached hydrogen (secondary N) is 1. The van der Waals surface area contributed by atoms with Gasteiger partial charge in [0.15, 0.2) is 0 Å². The average Bonchev–Trinajstić information content (AvgIpc) is 2.74. The first-order valence-corrected chi connectivity index (χ1v) is 5.90. The summed E-state index contributed by atoms with van der Waals surface area (Å²) in [5.74, 6) is -0.235. The second-order valence-electron chi connectivity index (χ2n) is 4.49. The van der Waals surface area contributed by atoms with Crippen molar-refractivity contribution in [1.29, 1.82) is 0 Å². The molecule has 0 saturated carbocycles. The molecule has 0 aliphatic carbocycles. The van der Waals surface area contributed by atoms with Gasteiger partial charge in [0, 0.05) is 33.3 Å². The number of aliphatic hydroxyl groups is 1. The smallest absolute Gasteiger partial charge is 0.237 e. The van der Waals surface area contributed by atoms with Crippen LogP contribution in [-0.4, -0.2) is 56.1 Å². The van der Waals surface area contributed by atoms with E-state index in [9.17, 15) is 9.90 Å². The Balaban J connectivity index is 2.19. The largest absolute Gasteiger partial charge is 0.386 e. The van der Waals surface area contributed by atoms with Gasteiger partial charge in [0.2, 0.25) is 5.91 Å². The van der Waals surface area contributed by atoms with Gasteiger partial charge in [-0.3, -0.25) is 4.79 Å². The Morgan fingerprint density at radius 3 is 3.06 bits per heavy atom. The number of carbonyl (C=O) groups is 1. The van der Waals surface area contributed by atoms with E-state index in [1.165, 1.54) is 0 Å². The third-order valence-electron chi connectivity index (χ3n) is 2.87. The Morgan fingerprint density at radius 2 is 2.47 bits per heavy atom. The molecule has 2 atom stereocenters. The van der Waals surface area contributed by atoms with Crippen LogP contribution in [-0.2, 0) is 14.3 Å². The lowest BCUT2D eigenvalue weighted by Gasteiger charge is -2.22. The van der Waals surface area contributed by atoms with Gasteiger partial charge in [0.25, 0.3) is 0 Å². The van der Waals surface area contributed by atoms with E-state index in [0.29, 0.717) is 26.1 Å². The van der Waals surface area contributed by atoms with Crippen LogP contribution in [0, 0.1) is 0 Å². The van der Waals surface area contributed by atoms with Crippen LogP contribution in [0.1, 0.15) is 19.3 Å². The topological polar surface area (TPSA) is 93.8 Å². The Kier molecular flexibility index (Phi) is 5.84. The summed E-state index contributed by atoms with van der Waals surface area (Å²) >= 11 is 0. The molecule has 1 fully saturated rings. The molecule has 0 aromatic rings. The van der Waals surface area contributed by atoms with Crippen molar-refractivity contribution in [3.8, 4) is 0 Å². The summed E-state index contributed by atoms with van der Waals surface area (Å²) in [5, 5.41) is 12.6. The van der Waals surface area contributed by atoms with Crippen molar-refractivity contribution in [2.45, 2.75) is 30.9 Å². The van der Waals surface area contributed by atoms with Crippen molar-refractivity contribution >= 4 is 5.91 Å². The molecular formula is C11H22N2O4. The molecule has 2 unspecified atom stereocenters. The molecule has 1 rings (SSSR count). The average molecular weight is 246 g/mol.